The monoisotopic (exact) mass is 885 g/mol. The molecular formula is C48H71NO14. The van der Waals surface area contributed by atoms with Crippen molar-refractivity contribution in [2.75, 3.05) is 14.2 Å². The number of amides is 1. The van der Waals surface area contributed by atoms with Gasteiger partial charge in [0.1, 0.15) is 29.8 Å². The standard InChI is InChI=1S/C48H71NO14/c1-12-15-36-30(7)39(61-41(53)21-20-40(52)49-42-34(50)18-19-35(42)51)25-48(58,63-36)32(9)45(56)31(8)46-37(59-10)17-14-16-26(3)22-28(5)43(54)33(13-2)44(55)29(6)23-27(4)24-38(60-11)47(57)62-46/h12,14-17,20-21,23-24,28-33,36-37,39,43-46,50,54-56,58H,13,18-19,22,25H2,1-11H3,(H,49,52)/b15-12+,17-14?,21-20+,26-16+,27-23+,38-24-/t28-,29-,30-,31+,32+,33?,36-,37+,39-,43+,44-,45-,46?,48-/m1/s1. The van der Waals surface area contributed by atoms with Crippen LogP contribution in [0.25, 0.3) is 0 Å². The molecule has 6 N–H and O–H groups in total. The van der Waals surface area contributed by atoms with E-state index in [2.05, 4.69) is 5.32 Å². The highest BCUT2D eigenvalue weighted by Gasteiger charge is 2.52. The van der Waals surface area contributed by atoms with Gasteiger partial charge in [0.25, 0.3) is 0 Å². The summed E-state index contributed by atoms with van der Waals surface area (Å²) in [6, 6.07) is 0. The van der Waals surface area contributed by atoms with Crippen molar-refractivity contribution in [1.82, 2.24) is 5.32 Å². The van der Waals surface area contributed by atoms with E-state index in [0.29, 0.717) is 18.4 Å². The number of aliphatic hydroxyl groups is 5. The zero-order valence-electron chi connectivity index (χ0n) is 38.6. The summed E-state index contributed by atoms with van der Waals surface area (Å²) in [7, 11) is 2.75. The fraction of sp³-hybridized carbons (Fsp3) is 0.625. The van der Waals surface area contributed by atoms with Crippen LogP contribution in [-0.2, 0) is 42.9 Å². The minimum absolute atomic E-state index is 0.0618. The molecule has 15 heteroatoms. The Balaban J connectivity index is 1.97. The van der Waals surface area contributed by atoms with E-state index in [1.165, 1.54) is 20.3 Å². The molecule has 352 valence electrons. The van der Waals surface area contributed by atoms with Crippen molar-refractivity contribution >= 4 is 23.6 Å². The quantitative estimate of drug-likeness (QED) is 0.0825. The van der Waals surface area contributed by atoms with Crippen molar-refractivity contribution in [2.24, 2.45) is 35.5 Å². The molecule has 0 aromatic rings. The van der Waals surface area contributed by atoms with Gasteiger partial charge in [-0.15, -0.1) is 0 Å². The van der Waals surface area contributed by atoms with Gasteiger partial charge in [0.05, 0.1) is 31.5 Å². The molecule has 1 aliphatic carbocycles. The average molecular weight is 886 g/mol. The van der Waals surface area contributed by atoms with Crippen LogP contribution in [0, 0.1) is 35.5 Å². The Labute approximate surface area is 372 Å². The number of allylic oxidation sites excluding steroid dienone is 8. The number of Topliss-reactive ketones (excluding diaryl/α,β-unsaturated/α-hetero) is 1. The predicted molar refractivity (Wildman–Crippen MR) is 235 cm³/mol. The molecule has 1 fully saturated rings. The number of carbonyl (C=O) groups is 4. The van der Waals surface area contributed by atoms with Crippen LogP contribution in [-0.4, -0.2) is 112 Å². The number of esters is 2. The van der Waals surface area contributed by atoms with Crippen LogP contribution < -0.4 is 5.32 Å². The van der Waals surface area contributed by atoms with Crippen molar-refractivity contribution in [1.29, 1.82) is 0 Å². The molecule has 0 aromatic heterocycles. The van der Waals surface area contributed by atoms with Crippen molar-refractivity contribution in [2.45, 2.75) is 143 Å². The Morgan fingerprint density at radius 2 is 1.75 bits per heavy atom. The zero-order chi connectivity index (χ0) is 47.3. The Morgan fingerprint density at radius 1 is 1.06 bits per heavy atom. The number of nitrogens with one attached hydrogen (secondary N) is 1. The van der Waals surface area contributed by atoms with Crippen molar-refractivity contribution < 1.29 is 68.4 Å². The molecule has 2 aliphatic heterocycles. The third-order valence-corrected chi connectivity index (χ3v) is 12.6. The highest BCUT2D eigenvalue weighted by molar-refractivity contribution is 6.04. The van der Waals surface area contributed by atoms with Gasteiger partial charge in [-0.05, 0) is 45.6 Å². The molecule has 0 saturated carbocycles. The molecule has 0 aromatic carbocycles. The Morgan fingerprint density at radius 3 is 2.33 bits per heavy atom. The first-order chi connectivity index (χ1) is 29.6. The van der Waals surface area contributed by atoms with Crippen LogP contribution in [0.4, 0.5) is 0 Å². The summed E-state index contributed by atoms with van der Waals surface area (Å²) in [5.41, 5.74) is 1.32. The second kappa shape index (κ2) is 24.1. The fourth-order valence-corrected chi connectivity index (χ4v) is 8.59. The summed E-state index contributed by atoms with van der Waals surface area (Å²) in [5.74, 6) is -8.99. The first-order valence-electron chi connectivity index (χ1n) is 21.9. The van der Waals surface area contributed by atoms with Crippen molar-refractivity contribution in [3.63, 3.8) is 0 Å². The van der Waals surface area contributed by atoms with E-state index >= 15 is 0 Å². The van der Waals surface area contributed by atoms with Gasteiger partial charge < -0.3 is 54.5 Å². The lowest BCUT2D eigenvalue weighted by Crippen LogP contribution is -2.58. The molecule has 3 rings (SSSR count). The minimum Gasteiger partial charge on any atom is -0.510 e. The number of hydrogen-bond acceptors (Lipinski definition) is 14. The van der Waals surface area contributed by atoms with E-state index in [0.717, 1.165) is 17.7 Å². The van der Waals surface area contributed by atoms with Crippen LogP contribution >= 0.6 is 0 Å². The maximum Gasteiger partial charge on any atom is 0.373 e. The van der Waals surface area contributed by atoms with E-state index in [9.17, 15) is 44.7 Å². The molecule has 0 radical (unpaired) electrons. The van der Waals surface area contributed by atoms with Gasteiger partial charge in [0.15, 0.2) is 11.6 Å². The van der Waals surface area contributed by atoms with Crippen LogP contribution in [0.5, 0.6) is 0 Å². The third kappa shape index (κ3) is 14.1. The summed E-state index contributed by atoms with van der Waals surface area (Å²) in [6.07, 6.45) is 7.80. The molecule has 2 unspecified atom stereocenters. The lowest BCUT2D eigenvalue weighted by atomic mass is 9.77. The predicted octanol–water partition coefficient (Wildman–Crippen LogP) is 5.36. The van der Waals surface area contributed by atoms with Crippen molar-refractivity contribution in [3.05, 3.63) is 83.0 Å². The SMILES string of the molecule is C/C=C/[C@H]1O[C@@](O)([C@@H](C)[C@H](O)[C@H](C)C2OC(=O)/C(OC)=C/C(C)=C/[C@@H](C)[C@@H](O)C(CC)[C@@H](O)[C@H](C)C/C(C)=C/C=C[C@@H]2OC)C[C@@H](OC(=O)/C=C/C(=O)NC2=C(O)CCC2=O)[C@@H]1C. The molecule has 1 saturated heterocycles. The molecule has 3 aliphatic rings. The third-order valence-electron chi connectivity index (χ3n) is 12.6. The first kappa shape index (κ1) is 53.0. The van der Waals surface area contributed by atoms with Gasteiger partial charge in [-0.3, -0.25) is 9.59 Å². The Kier molecular flexibility index (Phi) is 20.2. The van der Waals surface area contributed by atoms with Gasteiger partial charge in [0, 0.05) is 68.1 Å². The van der Waals surface area contributed by atoms with Gasteiger partial charge >= 0.3 is 11.9 Å². The highest BCUT2D eigenvalue weighted by Crippen LogP contribution is 2.41. The molecule has 14 atom stereocenters. The average Bonchev–Trinajstić information content (AvgIpc) is 3.55. The van der Waals surface area contributed by atoms with Gasteiger partial charge in [-0.25, -0.2) is 9.59 Å². The molecule has 0 bridgehead atoms. The zero-order valence-corrected chi connectivity index (χ0v) is 38.6. The van der Waals surface area contributed by atoms with Gasteiger partial charge in [-0.2, -0.15) is 0 Å². The number of ether oxygens (including phenoxy) is 5. The Hall–Kier alpha value is -4.38. The van der Waals surface area contributed by atoms with E-state index in [1.807, 2.05) is 33.8 Å². The van der Waals surface area contributed by atoms with Crippen LogP contribution in [0.1, 0.15) is 94.4 Å². The lowest BCUT2D eigenvalue weighted by Gasteiger charge is -2.48. The van der Waals surface area contributed by atoms with Gasteiger partial charge in [-0.1, -0.05) is 89.1 Å². The van der Waals surface area contributed by atoms with Crippen LogP contribution in [0.2, 0.25) is 0 Å². The van der Waals surface area contributed by atoms with Gasteiger partial charge in [0.2, 0.25) is 11.7 Å². The number of aliphatic hydroxyl groups excluding tert-OH is 4. The summed E-state index contributed by atoms with van der Waals surface area (Å²) in [6.45, 7) is 16.1. The first-order valence-corrected chi connectivity index (χ1v) is 21.9. The minimum atomic E-state index is -2.10. The molecule has 0 spiro atoms. The second-order valence-corrected chi connectivity index (χ2v) is 17.4. The topological polar surface area (TPSA) is 228 Å². The number of rotatable bonds is 12. The second-order valence-electron chi connectivity index (χ2n) is 17.4. The fourth-order valence-electron chi connectivity index (χ4n) is 8.59. The number of methoxy groups -OCH3 is 2. The normalized spacial score (nSPS) is 35.9. The van der Waals surface area contributed by atoms with E-state index in [4.69, 9.17) is 23.7 Å². The summed E-state index contributed by atoms with van der Waals surface area (Å²) < 4.78 is 29.5. The molecular weight excluding hydrogens is 815 g/mol. The number of ketones is 1. The van der Waals surface area contributed by atoms with E-state index in [-0.39, 0.29) is 48.3 Å². The Bertz CT molecular complexity index is 1830. The van der Waals surface area contributed by atoms with E-state index < -0.39 is 95.8 Å². The molecule has 63 heavy (non-hydrogen) atoms. The highest BCUT2D eigenvalue weighted by atomic mass is 16.6. The van der Waals surface area contributed by atoms with Crippen LogP contribution in [0.3, 0.4) is 0 Å². The lowest BCUT2D eigenvalue weighted by molar-refractivity contribution is -0.314. The smallest absolute Gasteiger partial charge is 0.373 e. The number of cyclic esters (lactones) is 1. The van der Waals surface area contributed by atoms with E-state index in [1.54, 1.807) is 65.0 Å². The molecule has 1 amide bonds. The molecule has 2 heterocycles. The largest absolute Gasteiger partial charge is 0.510 e. The van der Waals surface area contributed by atoms with Crippen molar-refractivity contribution in [3.8, 4) is 0 Å². The summed E-state index contributed by atoms with van der Waals surface area (Å²) >= 11 is 0. The molecule has 15 nitrogen and oxygen atoms in total. The number of hydrogen-bond donors (Lipinski definition) is 6. The maximum atomic E-state index is 13.9. The van der Waals surface area contributed by atoms with Crippen LogP contribution in [0.15, 0.2) is 83.0 Å². The summed E-state index contributed by atoms with van der Waals surface area (Å²) in [5, 5.41) is 59.2. The summed E-state index contributed by atoms with van der Waals surface area (Å²) in [4.78, 5) is 51.4. The maximum absolute atomic E-state index is 13.9. The number of carbonyl (C=O) groups excluding carboxylic acids is 4.